The van der Waals surface area contributed by atoms with E-state index in [-0.39, 0.29) is 23.8 Å². The summed E-state index contributed by atoms with van der Waals surface area (Å²) in [7, 11) is -2.48. The summed E-state index contributed by atoms with van der Waals surface area (Å²) in [6, 6.07) is 11.0. The molecule has 0 saturated carbocycles. The first-order valence-corrected chi connectivity index (χ1v) is 12.7. The van der Waals surface area contributed by atoms with E-state index in [0.29, 0.717) is 24.3 Å². The molecule has 0 aromatic heterocycles. The number of hydrogen-bond acceptors (Lipinski definition) is 7. The minimum Gasteiger partial charge on any atom is -0.497 e. The number of non-ortho nitro benzene ring substituents is 1. The maximum atomic E-state index is 13.4. The van der Waals surface area contributed by atoms with Crippen molar-refractivity contribution in [3.05, 3.63) is 64.2 Å². The van der Waals surface area contributed by atoms with Gasteiger partial charge in [0.25, 0.3) is 5.69 Å². The number of anilines is 1. The molecule has 1 atom stereocenters. The Balaban J connectivity index is 2.42. The van der Waals surface area contributed by atoms with Crippen molar-refractivity contribution in [2.45, 2.75) is 32.9 Å². The molecule has 0 unspecified atom stereocenters. The number of ether oxygens (including phenoxy) is 1. The summed E-state index contributed by atoms with van der Waals surface area (Å²) in [6.45, 7) is 3.25. The minimum atomic E-state index is -3.99. The first-order chi connectivity index (χ1) is 16.5. The van der Waals surface area contributed by atoms with Crippen molar-refractivity contribution in [3.63, 3.8) is 0 Å². The average molecular weight is 507 g/mol. The molecule has 1 N–H and O–H groups in total. The van der Waals surface area contributed by atoms with Crippen LogP contribution in [-0.4, -0.2) is 62.6 Å². The lowest BCUT2D eigenvalue weighted by Gasteiger charge is -2.31. The minimum absolute atomic E-state index is 0.0171. The zero-order chi connectivity index (χ0) is 26.2. The van der Waals surface area contributed by atoms with Crippen LogP contribution in [0.2, 0.25) is 0 Å². The Bertz CT molecular complexity index is 1170. The molecule has 2 amide bonds. The number of nitrogens with one attached hydrogen (secondary N) is 1. The maximum Gasteiger partial charge on any atom is 0.271 e. The molecule has 0 saturated heterocycles. The van der Waals surface area contributed by atoms with Crippen LogP contribution >= 0.6 is 0 Å². The highest BCUT2D eigenvalue weighted by molar-refractivity contribution is 7.92. The van der Waals surface area contributed by atoms with Crippen LogP contribution in [0.4, 0.5) is 11.4 Å². The Hall–Kier alpha value is -3.67. The van der Waals surface area contributed by atoms with Gasteiger partial charge in [0, 0.05) is 25.2 Å². The molecule has 2 rings (SSSR count). The third-order valence-corrected chi connectivity index (χ3v) is 6.35. The first-order valence-electron chi connectivity index (χ1n) is 10.9. The zero-order valence-electron chi connectivity index (χ0n) is 20.1. The van der Waals surface area contributed by atoms with Gasteiger partial charge in [-0.25, -0.2) is 8.42 Å². The molecule has 0 fully saturated rings. The number of carbonyl (C=O) groups is 2. The fourth-order valence-corrected chi connectivity index (χ4v) is 4.16. The second-order valence-corrected chi connectivity index (χ2v) is 9.79. The van der Waals surface area contributed by atoms with Crippen molar-refractivity contribution in [1.29, 1.82) is 0 Å². The van der Waals surface area contributed by atoms with Gasteiger partial charge in [0.05, 0.1) is 24.0 Å². The van der Waals surface area contributed by atoms with Gasteiger partial charge in [0.1, 0.15) is 18.3 Å². The van der Waals surface area contributed by atoms with Gasteiger partial charge in [0.2, 0.25) is 21.8 Å². The average Bonchev–Trinajstić information content (AvgIpc) is 2.83. The van der Waals surface area contributed by atoms with Gasteiger partial charge in [-0.2, -0.15) is 0 Å². The molecule has 0 heterocycles. The third kappa shape index (κ3) is 7.67. The highest BCUT2D eigenvalue weighted by atomic mass is 32.2. The van der Waals surface area contributed by atoms with Crippen LogP contribution in [0.3, 0.4) is 0 Å². The summed E-state index contributed by atoms with van der Waals surface area (Å²) in [5.41, 5.74) is 0.331. The summed E-state index contributed by atoms with van der Waals surface area (Å²) < 4.78 is 31.1. The number of sulfonamides is 1. The van der Waals surface area contributed by atoms with Crippen molar-refractivity contribution in [1.82, 2.24) is 10.2 Å². The van der Waals surface area contributed by atoms with Crippen LogP contribution in [0.5, 0.6) is 5.75 Å². The number of nitro benzene ring substituents is 1. The van der Waals surface area contributed by atoms with Crippen LogP contribution in [0.1, 0.15) is 25.8 Å². The van der Waals surface area contributed by atoms with E-state index in [9.17, 15) is 28.1 Å². The Morgan fingerprint density at radius 3 is 2.46 bits per heavy atom. The van der Waals surface area contributed by atoms with Crippen LogP contribution in [0.15, 0.2) is 48.5 Å². The summed E-state index contributed by atoms with van der Waals surface area (Å²) in [4.78, 5) is 37.9. The summed E-state index contributed by atoms with van der Waals surface area (Å²) in [6.07, 6.45) is 1.61. The van der Waals surface area contributed by atoms with Crippen molar-refractivity contribution >= 4 is 33.2 Å². The molecule has 0 spiro atoms. The number of amides is 2. The number of nitro groups is 1. The van der Waals surface area contributed by atoms with Gasteiger partial charge in [-0.1, -0.05) is 25.1 Å². The van der Waals surface area contributed by atoms with Crippen molar-refractivity contribution < 1.29 is 27.7 Å². The molecule has 0 radical (unpaired) electrons. The molecule has 0 aliphatic rings. The van der Waals surface area contributed by atoms with Crippen LogP contribution in [-0.2, 0) is 26.2 Å². The first kappa shape index (κ1) is 27.6. The van der Waals surface area contributed by atoms with E-state index < -0.39 is 33.4 Å². The Kier molecular flexibility index (Phi) is 9.58. The van der Waals surface area contributed by atoms with Crippen LogP contribution < -0.4 is 14.4 Å². The molecule has 12 heteroatoms. The number of carbonyl (C=O) groups excluding carboxylic acids is 2. The van der Waals surface area contributed by atoms with E-state index in [1.54, 1.807) is 31.2 Å². The second kappa shape index (κ2) is 12.2. The molecule has 190 valence electrons. The van der Waals surface area contributed by atoms with E-state index >= 15 is 0 Å². The normalized spacial score (nSPS) is 11.9. The molecule has 0 aliphatic carbocycles. The van der Waals surface area contributed by atoms with Crippen molar-refractivity contribution in [3.8, 4) is 5.75 Å². The molecule has 35 heavy (non-hydrogen) atoms. The van der Waals surface area contributed by atoms with Crippen molar-refractivity contribution in [2.24, 2.45) is 0 Å². The predicted octanol–water partition coefficient (Wildman–Crippen LogP) is 2.31. The number of methoxy groups -OCH3 is 1. The highest BCUT2D eigenvalue weighted by Gasteiger charge is 2.30. The fourth-order valence-electron chi connectivity index (χ4n) is 3.32. The smallest absolute Gasteiger partial charge is 0.271 e. The summed E-state index contributed by atoms with van der Waals surface area (Å²) in [5, 5.41) is 13.9. The van der Waals surface area contributed by atoms with Gasteiger partial charge in [0.15, 0.2) is 0 Å². The number of nitrogens with zero attached hydrogens (tertiary/aromatic N) is 3. The third-order valence-electron chi connectivity index (χ3n) is 5.21. The number of rotatable bonds is 12. The topological polar surface area (TPSA) is 139 Å². The quantitative estimate of drug-likeness (QED) is 0.344. The van der Waals surface area contributed by atoms with Gasteiger partial charge < -0.3 is 15.0 Å². The van der Waals surface area contributed by atoms with E-state index in [1.807, 2.05) is 6.92 Å². The molecular weight excluding hydrogens is 476 g/mol. The van der Waals surface area contributed by atoms with Gasteiger partial charge in [-0.15, -0.1) is 0 Å². The predicted molar refractivity (Wildman–Crippen MR) is 132 cm³/mol. The molecule has 0 aliphatic heterocycles. The SMILES string of the molecule is CCCNC(=O)[C@H](C)N(Cc1cccc(OC)c1)C(=O)CN(c1cccc([N+](=O)[O-])c1)S(C)(=O)=O. The van der Waals surface area contributed by atoms with Crippen molar-refractivity contribution in [2.75, 3.05) is 30.8 Å². The lowest BCUT2D eigenvalue weighted by molar-refractivity contribution is -0.384. The molecule has 0 bridgehead atoms. The Morgan fingerprint density at radius 1 is 1.17 bits per heavy atom. The van der Waals surface area contributed by atoms with E-state index in [0.717, 1.165) is 16.6 Å². The lowest BCUT2D eigenvalue weighted by Crippen LogP contribution is -2.51. The zero-order valence-corrected chi connectivity index (χ0v) is 20.9. The van der Waals surface area contributed by atoms with E-state index in [1.165, 1.54) is 30.2 Å². The number of benzene rings is 2. The standard InChI is InChI=1S/C23H30N4O7S/c1-5-12-24-23(29)17(2)25(15-18-8-6-11-21(13-18)34-3)22(28)16-26(35(4,32)33)19-9-7-10-20(14-19)27(30)31/h6-11,13-14,17H,5,12,15-16H2,1-4H3,(H,24,29)/t17-/m0/s1. The van der Waals surface area contributed by atoms with Gasteiger partial charge in [-0.05, 0) is 37.1 Å². The number of hydrogen-bond donors (Lipinski definition) is 1. The summed E-state index contributed by atoms with van der Waals surface area (Å²) >= 11 is 0. The lowest BCUT2D eigenvalue weighted by atomic mass is 10.1. The summed E-state index contributed by atoms with van der Waals surface area (Å²) in [5.74, 6) is -0.472. The second-order valence-electron chi connectivity index (χ2n) is 7.89. The Labute approximate surface area is 204 Å². The van der Waals surface area contributed by atoms with Gasteiger partial charge in [-0.3, -0.25) is 24.0 Å². The molecular formula is C23H30N4O7S. The Morgan fingerprint density at radius 2 is 1.86 bits per heavy atom. The van der Waals surface area contributed by atoms with E-state index in [4.69, 9.17) is 4.74 Å². The van der Waals surface area contributed by atoms with E-state index in [2.05, 4.69) is 5.32 Å². The highest BCUT2D eigenvalue weighted by Crippen LogP contribution is 2.24. The van der Waals surface area contributed by atoms with Crippen LogP contribution in [0.25, 0.3) is 0 Å². The largest absolute Gasteiger partial charge is 0.497 e. The monoisotopic (exact) mass is 506 g/mol. The maximum absolute atomic E-state index is 13.4. The van der Waals surface area contributed by atoms with Crippen LogP contribution in [0, 0.1) is 10.1 Å². The molecule has 11 nitrogen and oxygen atoms in total. The molecule has 2 aromatic rings. The molecule has 2 aromatic carbocycles. The van der Waals surface area contributed by atoms with Gasteiger partial charge >= 0.3 is 0 Å². The fraction of sp³-hybridized carbons (Fsp3) is 0.391.